The monoisotopic (exact) mass is 475 g/mol. The minimum absolute atomic E-state index is 0.0388. The summed E-state index contributed by atoms with van der Waals surface area (Å²) in [6.45, 7) is 7.86. The summed E-state index contributed by atoms with van der Waals surface area (Å²) < 4.78 is 11.3. The van der Waals surface area contributed by atoms with Gasteiger partial charge in [0.15, 0.2) is 5.58 Å². The molecule has 6 nitrogen and oxygen atoms in total. The number of rotatable bonds is 9. The molecule has 5 rings (SSSR count). The van der Waals surface area contributed by atoms with Crippen LogP contribution in [-0.4, -0.2) is 30.1 Å². The molecule has 1 aromatic heterocycles. The van der Waals surface area contributed by atoms with Gasteiger partial charge in [-0.25, -0.2) is 0 Å². The van der Waals surface area contributed by atoms with Gasteiger partial charge in [0.2, 0.25) is 0 Å². The number of ether oxygens (including phenoxy) is 1. The molecule has 6 heteroatoms. The Morgan fingerprint density at radius 2 is 1.97 bits per heavy atom. The van der Waals surface area contributed by atoms with E-state index >= 15 is 0 Å². The lowest BCUT2D eigenvalue weighted by molar-refractivity contribution is -0.144. The lowest BCUT2D eigenvalue weighted by atomic mass is 9.92. The first kappa shape index (κ1) is 23.7. The SMILES string of the molecule is CCOC(=O)[C@@H]1C[C@@H]1c1ccc(N(CC(C)C)C2CCCCC2)c(Nc2nc3ccccc3o2)c1. The summed E-state index contributed by atoms with van der Waals surface area (Å²) in [6.07, 6.45) is 7.20. The van der Waals surface area contributed by atoms with Gasteiger partial charge in [0, 0.05) is 12.6 Å². The van der Waals surface area contributed by atoms with Crippen molar-refractivity contribution < 1.29 is 13.9 Å². The van der Waals surface area contributed by atoms with Gasteiger partial charge in [0.05, 0.1) is 23.9 Å². The molecule has 0 aliphatic heterocycles. The summed E-state index contributed by atoms with van der Waals surface area (Å²) in [5.74, 6) is 0.632. The van der Waals surface area contributed by atoms with Crippen LogP contribution in [0, 0.1) is 11.8 Å². The maximum absolute atomic E-state index is 12.3. The first-order valence-electron chi connectivity index (χ1n) is 13.2. The van der Waals surface area contributed by atoms with E-state index in [1.807, 2.05) is 31.2 Å². The number of anilines is 3. The molecule has 0 saturated heterocycles. The average molecular weight is 476 g/mol. The average Bonchev–Trinajstić information content (AvgIpc) is 3.56. The van der Waals surface area contributed by atoms with Crippen molar-refractivity contribution in [1.82, 2.24) is 4.98 Å². The maximum atomic E-state index is 12.3. The van der Waals surface area contributed by atoms with Crippen molar-refractivity contribution in [2.75, 3.05) is 23.4 Å². The number of para-hydroxylation sites is 2. The Kier molecular flexibility index (Phi) is 6.98. The van der Waals surface area contributed by atoms with Gasteiger partial charge in [0.25, 0.3) is 6.01 Å². The molecule has 1 N–H and O–H groups in total. The molecule has 0 amide bonds. The zero-order chi connectivity index (χ0) is 24.4. The molecular formula is C29H37N3O3. The summed E-state index contributed by atoms with van der Waals surface area (Å²) in [6, 6.07) is 15.5. The minimum Gasteiger partial charge on any atom is -0.466 e. The van der Waals surface area contributed by atoms with Crippen molar-refractivity contribution >= 4 is 34.5 Å². The van der Waals surface area contributed by atoms with E-state index in [-0.39, 0.29) is 17.8 Å². The van der Waals surface area contributed by atoms with Crippen molar-refractivity contribution in [3.8, 4) is 0 Å². The Balaban J connectivity index is 1.50. The Hall–Kier alpha value is -3.02. The highest BCUT2D eigenvalue weighted by atomic mass is 16.5. The molecule has 1 heterocycles. The zero-order valence-electron chi connectivity index (χ0n) is 21.1. The fourth-order valence-electron chi connectivity index (χ4n) is 5.48. The van der Waals surface area contributed by atoms with Crippen LogP contribution in [-0.2, 0) is 9.53 Å². The molecule has 2 aliphatic rings. The van der Waals surface area contributed by atoms with Crippen LogP contribution < -0.4 is 10.2 Å². The van der Waals surface area contributed by atoms with Crippen LogP contribution in [0.4, 0.5) is 17.4 Å². The van der Waals surface area contributed by atoms with Gasteiger partial charge in [-0.05, 0) is 67.9 Å². The van der Waals surface area contributed by atoms with E-state index in [2.05, 4.69) is 47.2 Å². The van der Waals surface area contributed by atoms with E-state index < -0.39 is 0 Å². The quantitative estimate of drug-likeness (QED) is 0.335. The van der Waals surface area contributed by atoms with Crippen LogP contribution in [0.5, 0.6) is 0 Å². The molecule has 0 bridgehead atoms. The Morgan fingerprint density at radius 1 is 1.17 bits per heavy atom. The van der Waals surface area contributed by atoms with E-state index in [0.29, 0.717) is 24.6 Å². The Bertz CT molecular complexity index is 1130. The van der Waals surface area contributed by atoms with Gasteiger partial charge in [0.1, 0.15) is 5.52 Å². The Morgan fingerprint density at radius 3 is 2.71 bits per heavy atom. The second-order valence-corrected chi connectivity index (χ2v) is 10.4. The van der Waals surface area contributed by atoms with Gasteiger partial charge in [-0.1, -0.05) is 51.3 Å². The van der Waals surface area contributed by atoms with Gasteiger partial charge < -0.3 is 19.4 Å². The molecule has 186 valence electrons. The second-order valence-electron chi connectivity index (χ2n) is 10.4. The van der Waals surface area contributed by atoms with Crippen molar-refractivity contribution in [2.45, 2.75) is 71.3 Å². The molecule has 35 heavy (non-hydrogen) atoms. The maximum Gasteiger partial charge on any atom is 0.309 e. The van der Waals surface area contributed by atoms with Crippen molar-refractivity contribution in [3.63, 3.8) is 0 Å². The van der Waals surface area contributed by atoms with E-state index in [0.717, 1.165) is 29.8 Å². The highest BCUT2D eigenvalue weighted by Gasteiger charge is 2.45. The van der Waals surface area contributed by atoms with Crippen LogP contribution in [0.25, 0.3) is 11.1 Å². The fraction of sp³-hybridized carbons (Fsp3) is 0.517. The number of carbonyl (C=O) groups excluding carboxylic acids is 1. The number of fused-ring (bicyclic) bond motifs is 1. The highest BCUT2D eigenvalue weighted by molar-refractivity contribution is 5.80. The number of hydrogen-bond donors (Lipinski definition) is 1. The summed E-state index contributed by atoms with van der Waals surface area (Å²) in [5.41, 5.74) is 4.95. The molecule has 0 spiro atoms. The zero-order valence-corrected chi connectivity index (χ0v) is 21.1. The number of carbonyl (C=O) groups is 1. The van der Waals surface area contributed by atoms with E-state index in [4.69, 9.17) is 9.15 Å². The number of benzene rings is 2. The summed E-state index contributed by atoms with van der Waals surface area (Å²) >= 11 is 0. The van der Waals surface area contributed by atoms with Gasteiger partial charge in [-0.15, -0.1) is 0 Å². The largest absolute Gasteiger partial charge is 0.466 e. The number of aromatic nitrogens is 1. The van der Waals surface area contributed by atoms with Gasteiger partial charge in [-0.3, -0.25) is 4.79 Å². The van der Waals surface area contributed by atoms with Gasteiger partial charge >= 0.3 is 5.97 Å². The van der Waals surface area contributed by atoms with Gasteiger partial charge in [-0.2, -0.15) is 4.98 Å². The van der Waals surface area contributed by atoms with E-state index in [1.54, 1.807) is 0 Å². The molecule has 0 radical (unpaired) electrons. The van der Waals surface area contributed by atoms with E-state index in [9.17, 15) is 4.79 Å². The number of hydrogen-bond acceptors (Lipinski definition) is 6. The third-order valence-electron chi connectivity index (χ3n) is 7.25. The number of esters is 1. The first-order valence-corrected chi connectivity index (χ1v) is 13.2. The lowest BCUT2D eigenvalue weighted by Crippen LogP contribution is -2.39. The minimum atomic E-state index is -0.0846. The second kappa shape index (κ2) is 10.3. The predicted molar refractivity (Wildman–Crippen MR) is 140 cm³/mol. The smallest absolute Gasteiger partial charge is 0.309 e. The van der Waals surface area contributed by atoms with Crippen LogP contribution in [0.1, 0.15) is 70.8 Å². The molecule has 3 aromatic rings. The molecule has 2 fully saturated rings. The molecular weight excluding hydrogens is 438 g/mol. The number of nitrogens with zero attached hydrogens (tertiary/aromatic N) is 2. The molecule has 2 atom stereocenters. The molecule has 2 aromatic carbocycles. The molecule has 2 aliphatic carbocycles. The summed E-state index contributed by atoms with van der Waals surface area (Å²) in [4.78, 5) is 19.6. The fourth-order valence-corrected chi connectivity index (χ4v) is 5.48. The third-order valence-corrected chi connectivity index (χ3v) is 7.25. The van der Waals surface area contributed by atoms with Crippen LogP contribution >= 0.6 is 0 Å². The number of nitrogens with one attached hydrogen (secondary N) is 1. The summed E-state index contributed by atoms with van der Waals surface area (Å²) in [7, 11) is 0. The Labute approximate surface area is 208 Å². The van der Waals surface area contributed by atoms with E-state index in [1.165, 1.54) is 43.4 Å². The first-order chi connectivity index (χ1) is 17.0. The van der Waals surface area contributed by atoms with Crippen molar-refractivity contribution in [2.24, 2.45) is 11.8 Å². The summed E-state index contributed by atoms with van der Waals surface area (Å²) in [5, 5.41) is 3.51. The van der Waals surface area contributed by atoms with Crippen LogP contribution in [0.2, 0.25) is 0 Å². The standard InChI is InChI=1S/C29H37N3O3/c1-4-34-28(33)23-17-22(23)20-14-15-26(32(18-19(2)3)21-10-6-5-7-11-21)25(16-20)31-29-30-24-12-8-9-13-27(24)35-29/h8-9,12-16,19,21-23H,4-7,10-11,17-18H2,1-3H3,(H,30,31)/t22-,23-/m1/s1. The third kappa shape index (κ3) is 5.31. The van der Waals surface area contributed by atoms with Crippen molar-refractivity contribution in [1.29, 1.82) is 0 Å². The highest BCUT2D eigenvalue weighted by Crippen LogP contribution is 2.50. The normalized spacial score (nSPS) is 20.2. The predicted octanol–water partition coefficient (Wildman–Crippen LogP) is 7.03. The topological polar surface area (TPSA) is 67.6 Å². The van der Waals surface area contributed by atoms with Crippen LogP contribution in [0.3, 0.4) is 0 Å². The van der Waals surface area contributed by atoms with Crippen LogP contribution in [0.15, 0.2) is 46.9 Å². The molecule has 2 saturated carbocycles. The number of oxazole rings is 1. The molecule has 0 unspecified atom stereocenters. The van der Waals surface area contributed by atoms with Crippen molar-refractivity contribution in [3.05, 3.63) is 48.0 Å². The lowest BCUT2D eigenvalue weighted by Gasteiger charge is -2.38.